The number of rotatable bonds is 11. The lowest BCUT2D eigenvalue weighted by Gasteiger charge is -2.15. The summed E-state index contributed by atoms with van der Waals surface area (Å²) >= 11 is 0. The van der Waals surface area contributed by atoms with Crippen molar-refractivity contribution in [1.82, 2.24) is 16.0 Å². The molecule has 166 valence electrons. The summed E-state index contributed by atoms with van der Waals surface area (Å²) in [5.41, 5.74) is 2.14. The minimum Gasteiger partial charge on any atom is -0.493 e. The third-order valence-electron chi connectivity index (χ3n) is 4.92. The molecule has 0 atom stereocenters. The van der Waals surface area contributed by atoms with Crippen LogP contribution in [0.25, 0.3) is 0 Å². The van der Waals surface area contributed by atoms with Crippen LogP contribution >= 0.6 is 0 Å². The van der Waals surface area contributed by atoms with Gasteiger partial charge in [0, 0.05) is 32.2 Å². The highest BCUT2D eigenvalue weighted by Gasteiger charge is 2.22. The largest absolute Gasteiger partial charge is 0.493 e. The van der Waals surface area contributed by atoms with Gasteiger partial charge in [0.15, 0.2) is 12.6 Å². The minimum atomic E-state index is -0.128. The van der Waals surface area contributed by atoms with Crippen LogP contribution in [0.5, 0.6) is 11.5 Å². The number of carbonyl (C=O) groups is 1. The van der Waals surface area contributed by atoms with E-state index in [-0.39, 0.29) is 12.5 Å². The fourth-order valence-electron chi connectivity index (χ4n) is 3.01. The van der Waals surface area contributed by atoms with Crippen LogP contribution in [0.4, 0.5) is 0 Å². The first kappa shape index (κ1) is 22.5. The number of guanidine groups is 1. The van der Waals surface area contributed by atoms with Gasteiger partial charge >= 0.3 is 0 Å². The monoisotopic (exact) mass is 424 g/mol. The molecule has 31 heavy (non-hydrogen) atoms. The summed E-state index contributed by atoms with van der Waals surface area (Å²) in [6.45, 7) is 4.48. The number of hydrogen-bond acceptors (Lipinski definition) is 4. The number of nitrogens with zero attached hydrogens (tertiary/aromatic N) is 1. The maximum atomic E-state index is 11.6. The Morgan fingerprint density at radius 2 is 1.84 bits per heavy atom. The van der Waals surface area contributed by atoms with E-state index in [2.05, 4.69) is 27.0 Å². The van der Waals surface area contributed by atoms with Crippen molar-refractivity contribution in [2.75, 3.05) is 26.8 Å². The number of para-hydroxylation sites is 1. The molecule has 0 spiro atoms. The van der Waals surface area contributed by atoms with Gasteiger partial charge in [0.1, 0.15) is 11.5 Å². The van der Waals surface area contributed by atoms with E-state index in [0.717, 1.165) is 29.4 Å². The number of likely N-dealkylation sites (N-methyl/N-ethyl adjacent to an activating group) is 1. The fourth-order valence-corrected chi connectivity index (χ4v) is 3.01. The Labute approximate surface area is 184 Å². The summed E-state index contributed by atoms with van der Waals surface area (Å²) in [5, 5.41) is 9.37. The standard InChI is InChI=1S/C24H32N4O3/c1-3-26-23(29)17-30-21-9-6-7-19(13-21)14-27-24(25-2)28-15-20-8-4-5-10-22(20)31-16-18-11-12-18/h4-10,13,18H,3,11-12,14-17H2,1-2H3,(H,26,29)(H2,25,27,28). The second-order valence-electron chi connectivity index (χ2n) is 7.53. The van der Waals surface area contributed by atoms with Crippen molar-refractivity contribution in [2.45, 2.75) is 32.9 Å². The number of benzene rings is 2. The molecule has 2 aromatic rings. The molecule has 1 aliphatic rings. The molecule has 0 aliphatic heterocycles. The van der Waals surface area contributed by atoms with Crippen LogP contribution in [0, 0.1) is 5.92 Å². The quantitative estimate of drug-likeness (QED) is 0.382. The van der Waals surface area contributed by atoms with E-state index >= 15 is 0 Å². The highest BCUT2D eigenvalue weighted by molar-refractivity contribution is 5.79. The van der Waals surface area contributed by atoms with Gasteiger partial charge in [0.2, 0.25) is 0 Å². The van der Waals surface area contributed by atoms with Gasteiger partial charge < -0.3 is 25.4 Å². The predicted molar refractivity (Wildman–Crippen MR) is 122 cm³/mol. The molecule has 0 unspecified atom stereocenters. The molecule has 1 amide bonds. The molecule has 1 fully saturated rings. The van der Waals surface area contributed by atoms with Crippen molar-refractivity contribution in [3.8, 4) is 11.5 Å². The molecule has 0 aromatic heterocycles. The Kier molecular flexibility index (Phi) is 8.58. The van der Waals surface area contributed by atoms with E-state index in [0.29, 0.717) is 31.3 Å². The molecule has 0 radical (unpaired) electrons. The summed E-state index contributed by atoms with van der Waals surface area (Å²) < 4.78 is 11.5. The van der Waals surface area contributed by atoms with Crippen molar-refractivity contribution in [2.24, 2.45) is 10.9 Å². The van der Waals surface area contributed by atoms with Gasteiger partial charge in [-0.1, -0.05) is 30.3 Å². The second kappa shape index (κ2) is 11.8. The second-order valence-corrected chi connectivity index (χ2v) is 7.53. The first-order valence-corrected chi connectivity index (χ1v) is 10.8. The SMILES string of the molecule is CCNC(=O)COc1cccc(CNC(=NC)NCc2ccccc2OCC2CC2)c1. The summed E-state index contributed by atoms with van der Waals surface area (Å²) in [7, 11) is 1.75. The molecule has 1 saturated carbocycles. The van der Waals surface area contributed by atoms with Gasteiger partial charge in [-0.05, 0) is 49.4 Å². The molecule has 0 bridgehead atoms. The average molecular weight is 425 g/mol. The topological polar surface area (TPSA) is 84.0 Å². The summed E-state index contributed by atoms with van der Waals surface area (Å²) in [6, 6.07) is 15.8. The Morgan fingerprint density at radius 1 is 1.03 bits per heavy atom. The predicted octanol–water partition coefficient (Wildman–Crippen LogP) is 2.86. The van der Waals surface area contributed by atoms with Gasteiger partial charge in [-0.25, -0.2) is 0 Å². The Morgan fingerprint density at radius 3 is 2.61 bits per heavy atom. The van der Waals surface area contributed by atoms with Gasteiger partial charge in [-0.2, -0.15) is 0 Å². The normalized spacial score (nSPS) is 13.4. The van der Waals surface area contributed by atoms with Crippen LogP contribution in [-0.2, 0) is 17.9 Å². The van der Waals surface area contributed by atoms with Crippen LogP contribution in [0.2, 0.25) is 0 Å². The van der Waals surface area contributed by atoms with Crippen LogP contribution in [0.15, 0.2) is 53.5 Å². The number of hydrogen-bond donors (Lipinski definition) is 3. The molecule has 7 heteroatoms. The minimum absolute atomic E-state index is 0.0101. The van der Waals surface area contributed by atoms with Crippen LogP contribution in [0.1, 0.15) is 30.9 Å². The maximum Gasteiger partial charge on any atom is 0.257 e. The molecule has 1 aliphatic carbocycles. The Hall–Kier alpha value is -3.22. The van der Waals surface area contributed by atoms with E-state index in [9.17, 15) is 4.79 Å². The van der Waals surface area contributed by atoms with E-state index in [4.69, 9.17) is 9.47 Å². The molecule has 0 saturated heterocycles. The average Bonchev–Trinajstić information content (AvgIpc) is 3.62. The van der Waals surface area contributed by atoms with Gasteiger partial charge in [-0.15, -0.1) is 0 Å². The number of carbonyl (C=O) groups excluding carboxylic acids is 1. The zero-order valence-electron chi connectivity index (χ0n) is 18.3. The molecular formula is C24H32N4O3. The first-order chi connectivity index (χ1) is 15.2. The van der Waals surface area contributed by atoms with Crippen molar-refractivity contribution in [1.29, 1.82) is 0 Å². The summed E-state index contributed by atoms with van der Waals surface area (Å²) in [6.07, 6.45) is 2.55. The molecule has 3 N–H and O–H groups in total. The van der Waals surface area contributed by atoms with Crippen LogP contribution in [0.3, 0.4) is 0 Å². The third-order valence-corrected chi connectivity index (χ3v) is 4.92. The van der Waals surface area contributed by atoms with Gasteiger partial charge in [0.25, 0.3) is 5.91 Å². The first-order valence-electron chi connectivity index (χ1n) is 10.8. The Balaban J connectivity index is 1.47. The number of aliphatic imine (C=N–C) groups is 1. The molecule has 0 heterocycles. The summed E-state index contributed by atoms with van der Waals surface area (Å²) in [4.78, 5) is 15.9. The van der Waals surface area contributed by atoms with Crippen molar-refractivity contribution in [3.63, 3.8) is 0 Å². The number of nitrogens with one attached hydrogen (secondary N) is 3. The zero-order chi connectivity index (χ0) is 21.9. The smallest absolute Gasteiger partial charge is 0.257 e. The highest BCUT2D eigenvalue weighted by atomic mass is 16.5. The summed E-state index contributed by atoms with van der Waals surface area (Å²) in [5.74, 6) is 2.88. The van der Waals surface area contributed by atoms with E-state index in [1.807, 2.05) is 49.4 Å². The third kappa shape index (κ3) is 7.85. The molecule has 3 rings (SSSR count). The Bertz CT molecular complexity index is 881. The molecule has 2 aromatic carbocycles. The zero-order valence-corrected chi connectivity index (χ0v) is 18.3. The van der Waals surface area contributed by atoms with Crippen molar-refractivity contribution in [3.05, 3.63) is 59.7 Å². The molecular weight excluding hydrogens is 392 g/mol. The number of amides is 1. The lowest BCUT2D eigenvalue weighted by atomic mass is 10.2. The van der Waals surface area contributed by atoms with Crippen LogP contribution in [-0.4, -0.2) is 38.7 Å². The van der Waals surface area contributed by atoms with Gasteiger partial charge in [0.05, 0.1) is 6.61 Å². The highest BCUT2D eigenvalue weighted by Crippen LogP contribution is 2.30. The van der Waals surface area contributed by atoms with E-state index < -0.39 is 0 Å². The fraction of sp³-hybridized carbons (Fsp3) is 0.417. The maximum absolute atomic E-state index is 11.6. The van der Waals surface area contributed by atoms with Crippen molar-refractivity contribution >= 4 is 11.9 Å². The van der Waals surface area contributed by atoms with E-state index in [1.165, 1.54) is 12.8 Å². The lowest BCUT2D eigenvalue weighted by molar-refractivity contribution is -0.122. The number of ether oxygens (including phenoxy) is 2. The van der Waals surface area contributed by atoms with Crippen LogP contribution < -0.4 is 25.4 Å². The van der Waals surface area contributed by atoms with Gasteiger partial charge in [-0.3, -0.25) is 9.79 Å². The lowest BCUT2D eigenvalue weighted by Crippen LogP contribution is -2.36. The molecule has 7 nitrogen and oxygen atoms in total. The van der Waals surface area contributed by atoms with Crippen molar-refractivity contribution < 1.29 is 14.3 Å². The van der Waals surface area contributed by atoms with E-state index in [1.54, 1.807) is 7.05 Å².